The van der Waals surface area contributed by atoms with Crippen molar-refractivity contribution in [3.63, 3.8) is 0 Å². The predicted octanol–water partition coefficient (Wildman–Crippen LogP) is 2.84. The highest BCUT2D eigenvalue weighted by Crippen LogP contribution is 2.24. The van der Waals surface area contributed by atoms with Crippen LogP contribution in [0.25, 0.3) is 0 Å². The third kappa shape index (κ3) is 2.70. The maximum Gasteiger partial charge on any atom is 0.152 e. The van der Waals surface area contributed by atoms with E-state index in [0.29, 0.717) is 5.56 Å². The molecule has 1 atom stereocenters. The Morgan fingerprint density at radius 1 is 1.31 bits per heavy atom. The molecule has 0 bridgehead atoms. The normalized spacial score (nSPS) is 13.7. The Morgan fingerprint density at radius 3 is 2.38 bits per heavy atom. The van der Waals surface area contributed by atoms with Gasteiger partial charge in [0.15, 0.2) is 5.82 Å². The molecule has 0 fully saturated rings. The summed E-state index contributed by atoms with van der Waals surface area (Å²) >= 11 is 0. The fraction of sp³-hybridized carbons (Fsp3) is 0.500. The zero-order chi connectivity index (χ0) is 12.5. The first-order valence-corrected chi connectivity index (χ1v) is 5.17. The van der Waals surface area contributed by atoms with Crippen molar-refractivity contribution in [3.8, 4) is 0 Å². The van der Waals surface area contributed by atoms with Crippen LogP contribution in [0.15, 0.2) is 12.1 Å². The fourth-order valence-corrected chi connectivity index (χ4v) is 1.18. The maximum absolute atomic E-state index is 13.6. The van der Waals surface area contributed by atoms with Gasteiger partial charge >= 0.3 is 0 Å². The zero-order valence-electron chi connectivity index (χ0n) is 9.94. The van der Waals surface area contributed by atoms with Gasteiger partial charge in [0.05, 0.1) is 11.6 Å². The molecule has 0 spiro atoms. The quantitative estimate of drug-likeness (QED) is 0.835. The molecule has 0 radical (unpaired) electrons. The molecule has 0 aliphatic heterocycles. The Balaban J connectivity index is 3.02. The highest BCUT2D eigenvalue weighted by molar-refractivity contribution is 5.49. The Labute approximate surface area is 94.3 Å². The molecular weight excluding hydrogens is 212 g/mol. The number of hydrogen-bond acceptors (Lipinski definition) is 2. The van der Waals surface area contributed by atoms with Crippen LogP contribution in [0.2, 0.25) is 0 Å². The lowest BCUT2D eigenvalue weighted by atomic mass is 10.0. The largest absolute Gasteiger partial charge is 0.388 e. The number of rotatable bonds is 3. The maximum atomic E-state index is 13.6. The van der Waals surface area contributed by atoms with Gasteiger partial charge in [-0.25, -0.2) is 8.78 Å². The number of benzene rings is 1. The van der Waals surface area contributed by atoms with Gasteiger partial charge in [-0.1, -0.05) is 6.07 Å². The number of aliphatic hydroxyl groups is 1. The van der Waals surface area contributed by atoms with Crippen LogP contribution < -0.4 is 5.32 Å². The van der Waals surface area contributed by atoms with Gasteiger partial charge in [0.2, 0.25) is 0 Å². The van der Waals surface area contributed by atoms with Crippen molar-refractivity contribution in [1.29, 1.82) is 0 Å². The van der Waals surface area contributed by atoms with Crippen LogP contribution in [-0.2, 0) is 0 Å². The number of nitrogens with one attached hydrogen (secondary N) is 1. The molecule has 16 heavy (non-hydrogen) atoms. The average molecular weight is 229 g/mol. The summed E-state index contributed by atoms with van der Waals surface area (Å²) in [6.07, 6.45) is 0. The van der Waals surface area contributed by atoms with E-state index in [2.05, 4.69) is 5.32 Å². The van der Waals surface area contributed by atoms with Crippen molar-refractivity contribution in [3.05, 3.63) is 29.3 Å². The lowest BCUT2D eigenvalue weighted by Gasteiger charge is -2.28. The van der Waals surface area contributed by atoms with Crippen molar-refractivity contribution in [2.75, 3.05) is 5.32 Å². The summed E-state index contributed by atoms with van der Waals surface area (Å²) in [5.41, 5.74) is -0.871. The predicted molar refractivity (Wildman–Crippen MR) is 60.5 cm³/mol. The monoisotopic (exact) mass is 229 g/mol. The van der Waals surface area contributed by atoms with Gasteiger partial charge in [-0.15, -0.1) is 0 Å². The first-order chi connectivity index (χ1) is 7.23. The van der Waals surface area contributed by atoms with Gasteiger partial charge in [0, 0.05) is 0 Å². The van der Waals surface area contributed by atoms with E-state index in [4.69, 9.17) is 0 Å². The van der Waals surface area contributed by atoms with Gasteiger partial charge in [-0.05, 0) is 39.3 Å². The second-order valence-corrected chi connectivity index (χ2v) is 4.57. The Hall–Kier alpha value is -1.16. The third-order valence-corrected chi connectivity index (χ3v) is 2.70. The van der Waals surface area contributed by atoms with Crippen molar-refractivity contribution in [2.45, 2.75) is 39.3 Å². The minimum absolute atomic E-state index is 0.186. The first-order valence-electron chi connectivity index (χ1n) is 5.17. The molecule has 0 heterocycles. The van der Waals surface area contributed by atoms with E-state index >= 15 is 0 Å². The molecule has 1 aromatic carbocycles. The highest BCUT2D eigenvalue weighted by atomic mass is 19.1. The van der Waals surface area contributed by atoms with Crippen LogP contribution in [0, 0.1) is 18.6 Å². The molecule has 2 N–H and O–H groups in total. The van der Waals surface area contributed by atoms with E-state index < -0.39 is 23.3 Å². The Morgan fingerprint density at radius 2 is 1.88 bits per heavy atom. The molecule has 0 saturated carbocycles. The second kappa shape index (κ2) is 4.37. The summed E-state index contributed by atoms with van der Waals surface area (Å²) in [5.74, 6) is -1.27. The van der Waals surface area contributed by atoms with Gasteiger partial charge in [0.25, 0.3) is 0 Å². The van der Waals surface area contributed by atoms with Crippen LogP contribution in [0.1, 0.15) is 26.3 Å². The lowest BCUT2D eigenvalue weighted by Crippen LogP contribution is -2.39. The Kier molecular flexibility index (Phi) is 3.53. The summed E-state index contributed by atoms with van der Waals surface area (Å²) in [4.78, 5) is 0. The molecule has 0 amide bonds. The Bertz CT molecular complexity index is 385. The molecule has 0 saturated heterocycles. The number of aryl methyl sites for hydroxylation is 1. The molecule has 1 aromatic rings. The zero-order valence-corrected chi connectivity index (χ0v) is 9.94. The summed E-state index contributed by atoms with van der Waals surface area (Å²) in [5, 5.41) is 12.4. The number of anilines is 1. The average Bonchev–Trinajstić information content (AvgIpc) is 2.17. The van der Waals surface area contributed by atoms with Crippen molar-refractivity contribution in [1.82, 2.24) is 0 Å². The highest BCUT2D eigenvalue weighted by Gasteiger charge is 2.24. The summed E-state index contributed by atoms with van der Waals surface area (Å²) in [6, 6.07) is 2.13. The standard InChI is InChI=1S/C12H17F2NO/c1-7-5-6-9(13)11(10(7)14)15-8(2)12(3,4)16/h5-6,8,15-16H,1-4H3. The molecule has 0 aliphatic rings. The van der Waals surface area contributed by atoms with E-state index in [0.717, 1.165) is 0 Å². The SMILES string of the molecule is Cc1ccc(F)c(NC(C)C(C)(C)O)c1F. The topological polar surface area (TPSA) is 32.3 Å². The number of halogens is 2. The van der Waals surface area contributed by atoms with E-state index in [1.807, 2.05) is 0 Å². The summed E-state index contributed by atoms with van der Waals surface area (Å²) in [7, 11) is 0. The van der Waals surface area contributed by atoms with Gasteiger partial charge in [-0.2, -0.15) is 0 Å². The van der Waals surface area contributed by atoms with Gasteiger partial charge in [-0.3, -0.25) is 0 Å². The molecule has 90 valence electrons. The third-order valence-electron chi connectivity index (χ3n) is 2.70. The molecule has 4 heteroatoms. The first kappa shape index (κ1) is 12.9. The second-order valence-electron chi connectivity index (χ2n) is 4.57. The van der Waals surface area contributed by atoms with E-state index in [9.17, 15) is 13.9 Å². The van der Waals surface area contributed by atoms with Crippen molar-refractivity contribution in [2.24, 2.45) is 0 Å². The van der Waals surface area contributed by atoms with E-state index in [1.165, 1.54) is 12.1 Å². The van der Waals surface area contributed by atoms with Crippen LogP contribution >= 0.6 is 0 Å². The van der Waals surface area contributed by atoms with Crippen LogP contribution in [0.3, 0.4) is 0 Å². The summed E-state index contributed by atoms with van der Waals surface area (Å²) in [6.45, 7) is 6.39. The minimum atomic E-state index is -1.05. The van der Waals surface area contributed by atoms with Gasteiger partial charge in [0.1, 0.15) is 11.5 Å². The van der Waals surface area contributed by atoms with Crippen LogP contribution in [0.5, 0.6) is 0 Å². The molecule has 2 nitrogen and oxygen atoms in total. The minimum Gasteiger partial charge on any atom is -0.388 e. The smallest absolute Gasteiger partial charge is 0.152 e. The molecule has 1 unspecified atom stereocenters. The van der Waals surface area contributed by atoms with Crippen LogP contribution in [0.4, 0.5) is 14.5 Å². The molecule has 0 aliphatic carbocycles. The van der Waals surface area contributed by atoms with Crippen molar-refractivity contribution < 1.29 is 13.9 Å². The molecule has 0 aromatic heterocycles. The van der Waals surface area contributed by atoms with Gasteiger partial charge < -0.3 is 10.4 Å². The number of hydrogen-bond donors (Lipinski definition) is 2. The summed E-state index contributed by atoms with van der Waals surface area (Å²) < 4.78 is 27.0. The van der Waals surface area contributed by atoms with E-state index in [-0.39, 0.29) is 5.69 Å². The molecular formula is C12H17F2NO. The fourth-order valence-electron chi connectivity index (χ4n) is 1.18. The van der Waals surface area contributed by atoms with Crippen molar-refractivity contribution >= 4 is 5.69 Å². The lowest BCUT2D eigenvalue weighted by molar-refractivity contribution is 0.0647. The van der Waals surface area contributed by atoms with Crippen LogP contribution in [-0.4, -0.2) is 16.7 Å². The molecule has 1 rings (SSSR count). The van der Waals surface area contributed by atoms with E-state index in [1.54, 1.807) is 27.7 Å².